The van der Waals surface area contributed by atoms with Gasteiger partial charge < -0.3 is 15.0 Å². The lowest BCUT2D eigenvalue weighted by molar-refractivity contribution is -0.154. The topological polar surface area (TPSA) is 96.0 Å². The van der Waals surface area contributed by atoms with Gasteiger partial charge in [-0.3, -0.25) is 19.3 Å². The molecule has 0 saturated carbocycles. The van der Waals surface area contributed by atoms with E-state index in [1.807, 2.05) is 6.07 Å². The van der Waals surface area contributed by atoms with Gasteiger partial charge in [0.15, 0.2) is 6.61 Å². The van der Waals surface area contributed by atoms with Crippen LogP contribution in [0.25, 0.3) is 0 Å². The Bertz CT molecular complexity index is 802. The number of benzene rings is 1. The fourth-order valence-electron chi connectivity index (χ4n) is 4.08. The van der Waals surface area contributed by atoms with Crippen molar-refractivity contribution < 1.29 is 23.9 Å². The summed E-state index contributed by atoms with van der Waals surface area (Å²) < 4.78 is 5.06. The third-order valence-electron chi connectivity index (χ3n) is 5.49. The molecule has 0 spiro atoms. The highest BCUT2D eigenvalue weighted by Gasteiger charge is 2.49. The molecule has 0 aromatic heterocycles. The van der Waals surface area contributed by atoms with Crippen LogP contribution in [0.4, 0.5) is 4.79 Å². The van der Waals surface area contributed by atoms with E-state index in [0.717, 1.165) is 11.3 Å². The first-order chi connectivity index (χ1) is 13.7. The molecule has 0 bridgehead atoms. The van der Waals surface area contributed by atoms with Crippen LogP contribution >= 0.6 is 0 Å². The van der Waals surface area contributed by atoms with Crippen molar-refractivity contribution >= 4 is 23.8 Å². The minimum Gasteiger partial charge on any atom is -0.454 e. The lowest BCUT2D eigenvalue weighted by Gasteiger charge is -2.34. The highest BCUT2D eigenvalue weighted by Crippen LogP contribution is 2.28. The number of likely N-dealkylation sites (tertiary alicyclic amines) is 1. The van der Waals surface area contributed by atoms with Crippen molar-refractivity contribution in [2.24, 2.45) is 11.8 Å². The zero-order chi connectivity index (χ0) is 21.2. The summed E-state index contributed by atoms with van der Waals surface area (Å²) in [5, 5.41) is 2.63. The van der Waals surface area contributed by atoms with Crippen LogP contribution in [0, 0.1) is 11.8 Å². The largest absolute Gasteiger partial charge is 0.454 e. The Morgan fingerprint density at radius 3 is 2.38 bits per heavy atom. The third kappa shape index (κ3) is 4.41. The molecule has 1 aromatic rings. The molecular weight excluding hydrogens is 374 g/mol. The maximum Gasteiger partial charge on any atom is 0.326 e. The molecule has 3 atom stereocenters. The van der Waals surface area contributed by atoms with E-state index in [4.69, 9.17) is 4.74 Å². The Kier molecular flexibility index (Phi) is 5.91. The molecule has 4 amide bonds. The molecule has 2 fully saturated rings. The van der Waals surface area contributed by atoms with Gasteiger partial charge in [-0.05, 0) is 30.7 Å². The third-order valence-corrected chi connectivity index (χ3v) is 5.49. The molecule has 156 valence electrons. The number of hydrogen-bond donors (Lipinski definition) is 1. The Morgan fingerprint density at radius 1 is 1.14 bits per heavy atom. The van der Waals surface area contributed by atoms with Gasteiger partial charge in [0.2, 0.25) is 0 Å². The second-order valence-electron chi connectivity index (χ2n) is 8.22. The number of piperidine rings is 1. The quantitative estimate of drug-likeness (QED) is 0.596. The number of ether oxygens (including phenoxy) is 1. The standard InChI is InChI=1S/C21H27N3O5/c1-14-9-15(2)11-23(10-14)17(25)13-29-18(26)12-24-19(27)21(3,22-20(24)28)16-7-5-4-6-8-16/h4-8,14-15H,9-13H2,1-3H3,(H,22,28)/t14-,15-,21+/m0/s1. The second-order valence-corrected chi connectivity index (χ2v) is 8.22. The number of nitrogens with one attached hydrogen (secondary N) is 1. The van der Waals surface area contributed by atoms with E-state index in [1.54, 1.807) is 36.1 Å². The summed E-state index contributed by atoms with van der Waals surface area (Å²) in [6.45, 7) is 6.13. The normalized spacial score (nSPS) is 27.0. The molecule has 1 aromatic carbocycles. The SMILES string of the molecule is C[C@H]1C[C@H](C)CN(C(=O)COC(=O)CN2C(=O)N[C@](C)(c3ccccc3)C2=O)C1. The van der Waals surface area contributed by atoms with Crippen molar-refractivity contribution in [3.8, 4) is 0 Å². The number of nitrogens with zero attached hydrogens (tertiary/aromatic N) is 2. The number of imide groups is 1. The first-order valence-corrected chi connectivity index (χ1v) is 9.83. The second kappa shape index (κ2) is 8.23. The Morgan fingerprint density at radius 2 is 1.76 bits per heavy atom. The van der Waals surface area contributed by atoms with Crippen LogP contribution in [0.15, 0.2) is 30.3 Å². The van der Waals surface area contributed by atoms with E-state index in [-0.39, 0.29) is 5.91 Å². The molecule has 8 heteroatoms. The van der Waals surface area contributed by atoms with Crippen molar-refractivity contribution in [1.29, 1.82) is 0 Å². The minimum absolute atomic E-state index is 0.261. The van der Waals surface area contributed by atoms with Gasteiger partial charge in [-0.1, -0.05) is 44.2 Å². The van der Waals surface area contributed by atoms with Crippen molar-refractivity contribution in [3.05, 3.63) is 35.9 Å². The van der Waals surface area contributed by atoms with Crippen molar-refractivity contribution in [2.45, 2.75) is 32.7 Å². The first-order valence-electron chi connectivity index (χ1n) is 9.83. The molecule has 2 aliphatic heterocycles. The van der Waals surface area contributed by atoms with E-state index < -0.39 is 36.6 Å². The number of amides is 4. The number of rotatable bonds is 5. The van der Waals surface area contributed by atoms with Gasteiger partial charge in [0, 0.05) is 13.1 Å². The summed E-state index contributed by atoms with van der Waals surface area (Å²) >= 11 is 0. The Hall–Kier alpha value is -2.90. The summed E-state index contributed by atoms with van der Waals surface area (Å²) in [5.74, 6) is -0.782. The fourth-order valence-corrected chi connectivity index (χ4v) is 4.08. The van der Waals surface area contributed by atoms with Crippen LogP contribution in [0.1, 0.15) is 32.8 Å². The molecule has 0 aliphatic carbocycles. The summed E-state index contributed by atoms with van der Waals surface area (Å²) in [6, 6.07) is 8.15. The molecule has 0 radical (unpaired) electrons. The highest BCUT2D eigenvalue weighted by molar-refractivity contribution is 6.08. The molecule has 8 nitrogen and oxygen atoms in total. The van der Waals surface area contributed by atoms with Gasteiger partial charge in [0.05, 0.1) is 0 Å². The van der Waals surface area contributed by atoms with E-state index in [9.17, 15) is 19.2 Å². The van der Waals surface area contributed by atoms with Crippen LogP contribution < -0.4 is 5.32 Å². The van der Waals surface area contributed by atoms with Crippen molar-refractivity contribution in [2.75, 3.05) is 26.2 Å². The summed E-state index contributed by atoms with van der Waals surface area (Å²) in [5.41, 5.74) is -0.619. The van der Waals surface area contributed by atoms with Gasteiger partial charge in [-0.25, -0.2) is 4.79 Å². The van der Waals surface area contributed by atoms with Gasteiger partial charge in [-0.2, -0.15) is 0 Å². The molecule has 0 unspecified atom stereocenters. The highest BCUT2D eigenvalue weighted by atomic mass is 16.5. The minimum atomic E-state index is -1.24. The van der Waals surface area contributed by atoms with Gasteiger partial charge in [-0.15, -0.1) is 0 Å². The molecule has 3 rings (SSSR count). The van der Waals surface area contributed by atoms with Gasteiger partial charge in [0.25, 0.3) is 11.8 Å². The fraction of sp³-hybridized carbons (Fsp3) is 0.524. The van der Waals surface area contributed by atoms with Crippen LogP contribution in [0.5, 0.6) is 0 Å². The van der Waals surface area contributed by atoms with Crippen LogP contribution in [0.3, 0.4) is 0 Å². The maximum absolute atomic E-state index is 12.8. The van der Waals surface area contributed by atoms with E-state index >= 15 is 0 Å². The zero-order valence-electron chi connectivity index (χ0n) is 17.0. The monoisotopic (exact) mass is 401 g/mol. The molecule has 1 N–H and O–H groups in total. The molecular formula is C21H27N3O5. The zero-order valence-corrected chi connectivity index (χ0v) is 17.0. The van der Waals surface area contributed by atoms with Crippen molar-refractivity contribution in [3.63, 3.8) is 0 Å². The number of hydrogen-bond acceptors (Lipinski definition) is 5. The van der Waals surface area contributed by atoms with E-state index in [2.05, 4.69) is 19.2 Å². The predicted octanol–water partition coefficient (Wildman–Crippen LogP) is 1.50. The number of urea groups is 1. The molecule has 2 aliphatic rings. The smallest absolute Gasteiger partial charge is 0.326 e. The Labute approximate surface area is 170 Å². The first kappa shape index (κ1) is 20.8. The summed E-state index contributed by atoms with van der Waals surface area (Å²) in [6.07, 6.45) is 1.07. The molecule has 2 heterocycles. The summed E-state index contributed by atoms with van der Waals surface area (Å²) in [4.78, 5) is 52.1. The number of carbonyl (C=O) groups is 4. The van der Waals surface area contributed by atoms with E-state index in [0.29, 0.717) is 30.5 Å². The Balaban J connectivity index is 1.56. The van der Waals surface area contributed by atoms with Crippen LogP contribution in [0.2, 0.25) is 0 Å². The maximum atomic E-state index is 12.8. The average molecular weight is 401 g/mol. The molecule has 2 saturated heterocycles. The lowest BCUT2D eigenvalue weighted by Crippen LogP contribution is -2.45. The summed E-state index contributed by atoms with van der Waals surface area (Å²) in [7, 11) is 0. The molecule has 29 heavy (non-hydrogen) atoms. The van der Waals surface area contributed by atoms with Crippen LogP contribution in [-0.2, 0) is 24.7 Å². The predicted molar refractivity (Wildman–Crippen MR) is 105 cm³/mol. The number of carbonyl (C=O) groups excluding carboxylic acids is 4. The van der Waals surface area contributed by atoms with Gasteiger partial charge in [0.1, 0.15) is 12.1 Å². The van der Waals surface area contributed by atoms with Crippen LogP contribution in [-0.4, -0.2) is 59.9 Å². The van der Waals surface area contributed by atoms with E-state index in [1.165, 1.54) is 0 Å². The average Bonchev–Trinajstić information content (AvgIpc) is 2.90. The lowest BCUT2D eigenvalue weighted by atomic mass is 9.92. The number of esters is 1. The van der Waals surface area contributed by atoms with Crippen molar-refractivity contribution in [1.82, 2.24) is 15.1 Å². The van der Waals surface area contributed by atoms with Gasteiger partial charge >= 0.3 is 12.0 Å².